The summed E-state index contributed by atoms with van der Waals surface area (Å²) >= 11 is 0. The molecule has 0 saturated carbocycles. The predicted molar refractivity (Wildman–Crippen MR) is 135 cm³/mol. The quantitative estimate of drug-likeness (QED) is 0.347. The van der Waals surface area contributed by atoms with E-state index in [4.69, 9.17) is 4.74 Å². The van der Waals surface area contributed by atoms with Crippen molar-refractivity contribution in [2.24, 2.45) is 0 Å². The maximum Gasteiger partial charge on any atom is 0.227 e. The van der Waals surface area contributed by atoms with Gasteiger partial charge in [0.1, 0.15) is 5.75 Å². The van der Waals surface area contributed by atoms with Crippen LogP contribution in [-0.4, -0.2) is 49.9 Å². The number of Topliss-reactive ketones (excluding diaryl/α,β-unsaturated/α-hetero) is 1. The van der Waals surface area contributed by atoms with E-state index in [9.17, 15) is 9.59 Å². The molecule has 0 aliphatic carbocycles. The Hall–Kier alpha value is -2.37. The number of carbonyl (C=O) groups is 2. The van der Waals surface area contributed by atoms with E-state index < -0.39 is 0 Å². The molecule has 2 aliphatic heterocycles. The van der Waals surface area contributed by atoms with Gasteiger partial charge in [0.25, 0.3) is 0 Å². The molecule has 2 aromatic rings. The molecule has 0 fully saturated rings. The topological polar surface area (TPSA) is 49.9 Å². The van der Waals surface area contributed by atoms with Crippen LogP contribution in [0, 0.1) is 0 Å². The number of rotatable bonds is 11. The molecule has 6 heteroatoms. The molecule has 178 valence electrons. The van der Waals surface area contributed by atoms with Crippen LogP contribution >= 0.6 is 12.4 Å². The molecule has 0 N–H and O–H groups in total. The summed E-state index contributed by atoms with van der Waals surface area (Å²) in [5.74, 6) is 1.41. The van der Waals surface area contributed by atoms with E-state index in [2.05, 4.69) is 24.0 Å². The monoisotopic (exact) mass is 470 g/mol. The van der Waals surface area contributed by atoms with Crippen molar-refractivity contribution in [2.75, 3.05) is 38.2 Å². The van der Waals surface area contributed by atoms with E-state index in [1.54, 1.807) is 7.11 Å². The van der Waals surface area contributed by atoms with Gasteiger partial charge in [-0.2, -0.15) is 0 Å². The minimum Gasteiger partial charge on any atom is -0.496 e. The molecule has 5 nitrogen and oxygen atoms in total. The number of carbonyl (C=O) groups excluding carboxylic acids is 2. The van der Waals surface area contributed by atoms with Crippen molar-refractivity contribution in [1.29, 1.82) is 0 Å². The molecule has 4 rings (SSSR count). The highest BCUT2D eigenvalue weighted by atomic mass is 35.5. The lowest BCUT2D eigenvalue weighted by molar-refractivity contribution is -0.118. The van der Waals surface area contributed by atoms with E-state index in [0.29, 0.717) is 12.8 Å². The fourth-order valence-electron chi connectivity index (χ4n) is 5.00. The molecule has 2 aromatic carbocycles. The Morgan fingerprint density at radius 2 is 1.82 bits per heavy atom. The summed E-state index contributed by atoms with van der Waals surface area (Å²) in [6.45, 7) is 5.96. The molecular formula is C27H35ClN2O3. The van der Waals surface area contributed by atoms with Gasteiger partial charge in [0.2, 0.25) is 5.91 Å². The lowest BCUT2D eigenvalue weighted by atomic mass is 9.94. The molecule has 0 bridgehead atoms. The lowest BCUT2D eigenvalue weighted by Gasteiger charge is -2.25. The van der Waals surface area contributed by atoms with E-state index in [1.165, 1.54) is 16.7 Å². The first-order valence-electron chi connectivity index (χ1n) is 11.9. The molecule has 2 aliphatic rings. The Labute approximate surface area is 203 Å². The van der Waals surface area contributed by atoms with Crippen LogP contribution in [0.2, 0.25) is 0 Å². The minimum absolute atomic E-state index is 0. The summed E-state index contributed by atoms with van der Waals surface area (Å²) < 4.78 is 5.46. The number of unbranched alkanes of at least 4 members (excludes halogenated alkanes) is 1. The fraction of sp³-hybridized carbons (Fsp3) is 0.481. The molecular weight excluding hydrogens is 436 g/mol. The van der Waals surface area contributed by atoms with Crippen molar-refractivity contribution in [1.82, 2.24) is 4.90 Å². The number of likely N-dealkylation sites (N-methyl/N-ethyl adjacent to an activating group) is 1. The van der Waals surface area contributed by atoms with Crippen molar-refractivity contribution >= 4 is 29.8 Å². The van der Waals surface area contributed by atoms with Gasteiger partial charge in [0, 0.05) is 31.5 Å². The predicted octanol–water partition coefficient (Wildman–Crippen LogP) is 4.87. The number of aryl methyl sites for hydroxylation is 1. The Balaban J connectivity index is 0.00000306. The van der Waals surface area contributed by atoms with Crippen molar-refractivity contribution in [3.8, 4) is 5.75 Å². The van der Waals surface area contributed by atoms with Crippen LogP contribution in [0.1, 0.15) is 59.7 Å². The number of ketones is 1. The smallest absolute Gasteiger partial charge is 0.227 e. The maximum absolute atomic E-state index is 12.9. The zero-order valence-corrected chi connectivity index (χ0v) is 20.6. The highest BCUT2D eigenvalue weighted by Crippen LogP contribution is 2.37. The number of halogens is 1. The Morgan fingerprint density at radius 1 is 1.06 bits per heavy atom. The van der Waals surface area contributed by atoms with Gasteiger partial charge in [-0.15, -0.1) is 12.4 Å². The minimum atomic E-state index is 0. The average Bonchev–Trinajstić information content (AvgIpc) is 3.26. The molecule has 0 aromatic heterocycles. The second-order valence-electron chi connectivity index (χ2n) is 8.81. The van der Waals surface area contributed by atoms with Crippen LogP contribution < -0.4 is 9.64 Å². The van der Waals surface area contributed by atoms with E-state index in [1.807, 2.05) is 29.2 Å². The summed E-state index contributed by atoms with van der Waals surface area (Å²) in [5.41, 5.74) is 5.51. The van der Waals surface area contributed by atoms with Gasteiger partial charge < -0.3 is 14.5 Å². The van der Waals surface area contributed by atoms with Gasteiger partial charge in [-0.3, -0.25) is 9.59 Å². The van der Waals surface area contributed by atoms with Gasteiger partial charge in [-0.1, -0.05) is 25.1 Å². The third kappa shape index (κ3) is 5.77. The van der Waals surface area contributed by atoms with Crippen molar-refractivity contribution < 1.29 is 14.3 Å². The summed E-state index contributed by atoms with van der Waals surface area (Å²) in [6.07, 6.45) is 5.67. The third-order valence-electron chi connectivity index (χ3n) is 6.84. The number of anilines is 1. The number of para-hydroxylation sites is 1. The molecule has 0 unspecified atom stereocenters. The second-order valence-corrected chi connectivity index (χ2v) is 8.81. The fourth-order valence-corrected chi connectivity index (χ4v) is 5.00. The number of nitrogens with zero attached hydrogens (tertiary/aromatic N) is 2. The number of methoxy groups -OCH3 is 1. The molecule has 0 atom stereocenters. The van der Waals surface area contributed by atoms with Crippen LogP contribution in [0.5, 0.6) is 5.75 Å². The second kappa shape index (κ2) is 11.7. The highest BCUT2D eigenvalue weighted by molar-refractivity contribution is 6.02. The Morgan fingerprint density at radius 3 is 2.58 bits per heavy atom. The normalized spacial score (nSPS) is 14.3. The van der Waals surface area contributed by atoms with Crippen molar-refractivity contribution in [3.63, 3.8) is 0 Å². The molecule has 0 radical (unpaired) electrons. The molecule has 2 heterocycles. The summed E-state index contributed by atoms with van der Waals surface area (Å²) in [5, 5.41) is 0. The highest BCUT2D eigenvalue weighted by Gasteiger charge is 2.31. The van der Waals surface area contributed by atoms with Crippen LogP contribution in [-0.2, 0) is 24.1 Å². The summed E-state index contributed by atoms with van der Waals surface area (Å²) in [4.78, 5) is 29.3. The van der Waals surface area contributed by atoms with Gasteiger partial charge in [0.15, 0.2) is 5.78 Å². The zero-order valence-electron chi connectivity index (χ0n) is 19.8. The standard InChI is InChI=1S/C27H34N2O3.ClH/c1-3-28(16-13-20-8-4-5-10-25(20)32-2)15-7-6-9-24(30)23-18-21-11-12-26(31)29-17-14-22(19-23)27(21)29;/h4-5,8,10,18-19H,3,6-7,9,11-17H2,1-2H3;1H. The zero-order chi connectivity index (χ0) is 22.5. The SMILES string of the molecule is CCN(CCCCC(=O)c1cc2c3c(c1)CCN3C(=O)CC2)CCc1ccccc1OC.Cl. The summed E-state index contributed by atoms with van der Waals surface area (Å²) in [6, 6.07) is 12.3. The van der Waals surface area contributed by atoms with Crippen LogP contribution in [0.4, 0.5) is 5.69 Å². The first-order valence-corrected chi connectivity index (χ1v) is 11.9. The molecule has 33 heavy (non-hydrogen) atoms. The number of hydrogen-bond acceptors (Lipinski definition) is 4. The number of amides is 1. The van der Waals surface area contributed by atoms with Crippen molar-refractivity contribution in [3.05, 3.63) is 58.7 Å². The Bertz CT molecular complexity index is 991. The first kappa shape index (κ1) is 25.3. The van der Waals surface area contributed by atoms with Gasteiger partial charge in [-0.05, 0) is 80.1 Å². The van der Waals surface area contributed by atoms with E-state index in [-0.39, 0.29) is 24.1 Å². The average molecular weight is 471 g/mol. The third-order valence-corrected chi connectivity index (χ3v) is 6.84. The van der Waals surface area contributed by atoms with Gasteiger partial charge in [-0.25, -0.2) is 0 Å². The van der Waals surface area contributed by atoms with Gasteiger partial charge in [0.05, 0.1) is 12.8 Å². The lowest BCUT2D eigenvalue weighted by Crippen LogP contribution is -2.32. The first-order chi connectivity index (χ1) is 15.6. The van der Waals surface area contributed by atoms with Crippen molar-refractivity contribution in [2.45, 2.75) is 51.9 Å². The number of hydrogen-bond donors (Lipinski definition) is 0. The van der Waals surface area contributed by atoms with E-state index in [0.717, 1.165) is 75.3 Å². The maximum atomic E-state index is 12.9. The van der Waals surface area contributed by atoms with Crippen LogP contribution in [0.25, 0.3) is 0 Å². The van der Waals surface area contributed by atoms with Gasteiger partial charge >= 0.3 is 0 Å². The molecule has 1 amide bonds. The van der Waals surface area contributed by atoms with E-state index >= 15 is 0 Å². The number of ether oxygens (including phenoxy) is 1. The van der Waals surface area contributed by atoms with Crippen LogP contribution in [0.15, 0.2) is 36.4 Å². The summed E-state index contributed by atoms with van der Waals surface area (Å²) in [7, 11) is 1.72. The largest absolute Gasteiger partial charge is 0.496 e. The van der Waals surface area contributed by atoms with Crippen LogP contribution in [0.3, 0.4) is 0 Å². The Kier molecular flexibility index (Phi) is 8.93. The molecule has 0 spiro atoms. The number of benzene rings is 2. The molecule has 0 saturated heterocycles.